The van der Waals surface area contributed by atoms with E-state index < -0.39 is 41.5 Å². The molecule has 5 atom stereocenters. The van der Waals surface area contributed by atoms with Crippen molar-refractivity contribution in [1.82, 2.24) is 4.90 Å². The molecule has 0 unspecified atom stereocenters. The molecule has 0 N–H and O–H groups in total. The zero-order valence-corrected chi connectivity index (χ0v) is 26.7. The number of methoxy groups -OCH3 is 2. The van der Waals surface area contributed by atoms with Crippen LogP contribution in [0.25, 0.3) is 0 Å². The highest BCUT2D eigenvalue weighted by Gasteiger charge is 2.53. The lowest BCUT2D eigenvalue weighted by atomic mass is 9.95. The molecular weight excluding hydrogens is 572 g/mol. The van der Waals surface area contributed by atoms with Crippen LogP contribution < -0.4 is 9.47 Å². The van der Waals surface area contributed by atoms with Gasteiger partial charge in [0.1, 0.15) is 46.9 Å². The van der Waals surface area contributed by atoms with Gasteiger partial charge in [-0.1, -0.05) is 43.0 Å². The maximum Gasteiger partial charge on any atom is 0.416 e. The molecule has 2 aromatic carbocycles. The molecule has 1 saturated heterocycles. The normalized spacial score (nSPS) is 23.2. The van der Waals surface area contributed by atoms with E-state index in [1.165, 1.54) is 23.6 Å². The van der Waals surface area contributed by atoms with Gasteiger partial charge in [0, 0.05) is 6.54 Å². The third-order valence-electron chi connectivity index (χ3n) is 6.90. The molecule has 0 spiro atoms. The van der Waals surface area contributed by atoms with E-state index in [1.54, 1.807) is 14.2 Å². The molecule has 0 aliphatic carbocycles. The van der Waals surface area contributed by atoms with Gasteiger partial charge in [0.25, 0.3) is 0 Å². The smallest absolute Gasteiger partial charge is 0.416 e. The summed E-state index contributed by atoms with van der Waals surface area (Å²) < 4.78 is 35.5. The van der Waals surface area contributed by atoms with Crippen LogP contribution in [0.3, 0.4) is 0 Å². The number of carbonyl (C=O) groups is 2. The first kappa shape index (κ1) is 32.8. The number of ether oxygens (including phenoxy) is 6. The summed E-state index contributed by atoms with van der Waals surface area (Å²) in [7, 11) is 3.23. The van der Waals surface area contributed by atoms with Gasteiger partial charge < -0.3 is 28.4 Å². The highest BCUT2D eigenvalue weighted by Crippen LogP contribution is 2.41. The zero-order valence-electron chi connectivity index (χ0n) is 25.9. The highest BCUT2D eigenvalue weighted by molar-refractivity contribution is 8.14. The lowest BCUT2D eigenvalue weighted by molar-refractivity contribution is -0.198. The number of amides is 1. The van der Waals surface area contributed by atoms with Crippen LogP contribution >= 0.6 is 11.8 Å². The molecule has 0 radical (unpaired) electrons. The van der Waals surface area contributed by atoms with Crippen LogP contribution in [0.5, 0.6) is 11.5 Å². The summed E-state index contributed by atoms with van der Waals surface area (Å²) in [5, 5.41) is 0.474. The second kappa shape index (κ2) is 14.6. The average Bonchev–Trinajstić information content (AvgIpc) is 3.40. The Bertz CT molecular complexity index is 1260. The van der Waals surface area contributed by atoms with Crippen molar-refractivity contribution in [3.05, 3.63) is 59.7 Å². The fourth-order valence-electron chi connectivity index (χ4n) is 4.79. The third kappa shape index (κ3) is 8.50. The van der Waals surface area contributed by atoms with Crippen molar-refractivity contribution >= 4 is 28.8 Å². The van der Waals surface area contributed by atoms with Gasteiger partial charge in [-0.2, -0.15) is 0 Å². The predicted molar refractivity (Wildman–Crippen MR) is 165 cm³/mol. The van der Waals surface area contributed by atoms with Crippen LogP contribution in [-0.4, -0.2) is 78.1 Å². The Morgan fingerprint density at radius 3 is 1.91 bits per heavy atom. The Hall–Kier alpha value is -3.12. The maximum absolute atomic E-state index is 13.2. The molecule has 2 aliphatic rings. The van der Waals surface area contributed by atoms with Gasteiger partial charge in [0.2, 0.25) is 0 Å². The Labute approximate surface area is 258 Å². The van der Waals surface area contributed by atoms with E-state index in [2.05, 4.69) is 0 Å². The lowest BCUT2D eigenvalue weighted by Gasteiger charge is -2.41. The Balaban J connectivity index is 1.64. The summed E-state index contributed by atoms with van der Waals surface area (Å²) in [6.45, 7) is 9.85. The van der Waals surface area contributed by atoms with E-state index in [4.69, 9.17) is 33.4 Å². The molecule has 234 valence electrons. The van der Waals surface area contributed by atoms with Crippen LogP contribution in [0.2, 0.25) is 0 Å². The van der Waals surface area contributed by atoms with E-state index in [-0.39, 0.29) is 19.0 Å². The fraction of sp³-hybridized carbons (Fsp3) is 0.531. The second-order valence-corrected chi connectivity index (χ2v) is 12.5. The highest BCUT2D eigenvalue weighted by atomic mass is 32.2. The van der Waals surface area contributed by atoms with Crippen LogP contribution in [0.4, 0.5) is 4.79 Å². The lowest BCUT2D eigenvalue weighted by Crippen LogP contribution is -2.58. The molecule has 0 bridgehead atoms. The van der Waals surface area contributed by atoms with E-state index in [9.17, 15) is 9.59 Å². The Morgan fingerprint density at radius 2 is 1.44 bits per heavy atom. The molecule has 4 rings (SSSR count). The van der Waals surface area contributed by atoms with Crippen LogP contribution in [0.15, 0.2) is 53.5 Å². The third-order valence-corrected chi connectivity index (χ3v) is 8.05. The Kier molecular flexibility index (Phi) is 11.1. The van der Waals surface area contributed by atoms with Crippen molar-refractivity contribution in [3.63, 3.8) is 0 Å². The van der Waals surface area contributed by atoms with Crippen LogP contribution in [0.1, 0.15) is 52.2 Å². The molecule has 43 heavy (non-hydrogen) atoms. The summed E-state index contributed by atoms with van der Waals surface area (Å²) in [4.78, 5) is 32.6. The zero-order chi connectivity index (χ0) is 31.1. The topological polar surface area (TPSA) is 105 Å². The molecule has 1 fully saturated rings. The number of carbonyl (C=O) groups excluding carboxylic acids is 2. The molecular formula is C32H42N2O8S. The van der Waals surface area contributed by atoms with E-state index in [1.807, 2.05) is 76.2 Å². The fourth-order valence-corrected chi connectivity index (χ4v) is 6.00. The second-order valence-electron chi connectivity index (χ2n) is 11.4. The minimum atomic E-state index is -0.886. The molecule has 2 aromatic rings. The monoisotopic (exact) mass is 614 g/mol. The number of amidine groups is 1. The molecule has 11 heteroatoms. The molecule has 2 aliphatic heterocycles. The van der Waals surface area contributed by atoms with Crippen molar-refractivity contribution in [1.29, 1.82) is 0 Å². The summed E-state index contributed by atoms with van der Waals surface area (Å²) in [6.07, 6.45) is -2.05. The number of aliphatic imine (C=N–C) groups is 1. The number of benzene rings is 2. The minimum absolute atomic E-state index is 0.178. The predicted octanol–water partition coefficient (Wildman–Crippen LogP) is 5.61. The SMILES string of the molecule is CCCN(C(=O)OC(C)(C)C)C1=N[C@@H]2[C@@H](OCc3ccc(OC)cc3)[C@H](OCc3ccc(OC)cc3)[C@@H](C(C)=O)O[C@@H]2S1. The first-order valence-corrected chi connectivity index (χ1v) is 15.3. The summed E-state index contributed by atoms with van der Waals surface area (Å²) in [5.74, 6) is 1.30. The number of thioether (sulfide) groups is 1. The van der Waals surface area contributed by atoms with Gasteiger partial charge in [0.05, 0.1) is 27.4 Å². The van der Waals surface area contributed by atoms with Crippen molar-refractivity contribution in [2.24, 2.45) is 4.99 Å². The largest absolute Gasteiger partial charge is 0.497 e. The molecule has 10 nitrogen and oxygen atoms in total. The van der Waals surface area contributed by atoms with Crippen molar-refractivity contribution in [2.45, 2.75) is 89.6 Å². The van der Waals surface area contributed by atoms with Gasteiger partial charge in [-0.3, -0.25) is 14.7 Å². The van der Waals surface area contributed by atoms with Crippen molar-refractivity contribution in [2.75, 3.05) is 20.8 Å². The van der Waals surface area contributed by atoms with Gasteiger partial charge in [-0.05, 0) is 69.5 Å². The van der Waals surface area contributed by atoms with Gasteiger partial charge in [-0.15, -0.1) is 0 Å². The average molecular weight is 615 g/mol. The number of hydrogen-bond donors (Lipinski definition) is 0. The maximum atomic E-state index is 13.2. The quantitative estimate of drug-likeness (QED) is 0.320. The van der Waals surface area contributed by atoms with E-state index in [0.29, 0.717) is 18.1 Å². The number of rotatable bonds is 11. The van der Waals surface area contributed by atoms with Gasteiger partial charge in [0.15, 0.2) is 11.0 Å². The van der Waals surface area contributed by atoms with E-state index >= 15 is 0 Å². The summed E-state index contributed by atoms with van der Waals surface area (Å²) in [5.41, 5.74) is 0.615. The van der Waals surface area contributed by atoms with E-state index in [0.717, 1.165) is 22.6 Å². The van der Waals surface area contributed by atoms with Crippen LogP contribution in [-0.2, 0) is 37.0 Å². The standard InChI is InChI=1S/C32H42N2O8S/c1-8-17-34(31(36)42-32(3,4)5)30-33-25-27(39-18-21-9-13-23(37-6)14-10-21)28(26(20(2)35)41-29(25)43-30)40-19-22-11-15-24(38-7)16-12-22/h9-16,25-29H,8,17-19H2,1-7H3/t25-,26-,27-,28-,29-/m1/s1. The van der Waals surface area contributed by atoms with Gasteiger partial charge in [-0.25, -0.2) is 4.79 Å². The molecule has 0 aromatic heterocycles. The summed E-state index contributed by atoms with van der Waals surface area (Å²) >= 11 is 1.30. The van der Waals surface area contributed by atoms with Crippen molar-refractivity contribution in [3.8, 4) is 11.5 Å². The first-order valence-electron chi connectivity index (χ1n) is 14.4. The minimum Gasteiger partial charge on any atom is -0.497 e. The molecule has 0 saturated carbocycles. The number of Topliss-reactive ketones (excluding diaryl/α,β-unsaturated/α-hetero) is 1. The molecule has 2 heterocycles. The first-order chi connectivity index (χ1) is 20.5. The number of nitrogens with zero attached hydrogens (tertiary/aromatic N) is 2. The number of ketones is 1. The Morgan fingerprint density at radius 1 is 0.907 bits per heavy atom. The van der Waals surface area contributed by atoms with Gasteiger partial charge >= 0.3 is 6.09 Å². The molecule has 1 amide bonds. The van der Waals surface area contributed by atoms with Crippen molar-refractivity contribution < 1.29 is 38.0 Å². The number of hydrogen-bond acceptors (Lipinski definition) is 10. The number of fused-ring (bicyclic) bond motifs is 1. The van der Waals surface area contributed by atoms with Crippen LogP contribution in [0, 0.1) is 0 Å². The summed E-state index contributed by atoms with van der Waals surface area (Å²) in [6, 6.07) is 14.6.